The number of hydrogen-bond donors (Lipinski definition) is 2. The van der Waals surface area contributed by atoms with Crippen molar-refractivity contribution in [2.24, 2.45) is 0 Å². The van der Waals surface area contributed by atoms with Crippen LogP contribution in [0.15, 0.2) is 59.5 Å². The van der Waals surface area contributed by atoms with E-state index in [-0.39, 0.29) is 4.90 Å². The molecule has 0 fully saturated rings. The van der Waals surface area contributed by atoms with Gasteiger partial charge in [-0.15, -0.1) is 0 Å². The van der Waals surface area contributed by atoms with Gasteiger partial charge in [0.1, 0.15) is 0 Å². The average Bonchev–Trinajstić information content (AvgIpc) is 2.50. The summed E-state index contributed by atoms with van der Waals surface area (Å²) < 4.78 is 27.7. The topological polar surface area (TPSA) is 75.3 Å². The quantitative estimate of drug-likeness (QED) is 0.717. The Kier molecular flexibility index (Phi) is 5.54. The molecular formula is C15H15IN2O3S. The third kappa shape index (κ3) is 4.52. The van der Waals surface area contributed by atoms with Crippen molar-refractivity contribution in [3.63, 3.8) is 0 Å². The Hall–Kier alpha value is -1.45. The highest BCUT2D eigenvalue weighted by Gasteiger charge is 2.21. The molecule has 1 amide bonds. The van der Waals surface area contributed by atoms with Crippen LogP contribution in [0.25, 0.3) is 0 Å². The Morgan fingerprint density at radius 2 is 1.64 bits per heavy atom. The lowest BCUT2D eigenvalue weighted by atomic mass is 10.3. The first-order valence-corrected chi connectivity index (χ1v) is 9.08. The minimum atomic E-state index is -3.72. The average molecular weight is 430 g/mol. The molecule has 2 aromatic carbocycles. The van der Waals surface area contributed by atoms with Gasteiger partial charge >= 0.3 is 0 Å². The van der Waals surface area contributed by atoms with Crippen LogP contribution in [-0.2, 0) is 14.8 Å². The SMILES string of the molecule is C[C@@H](NS(=O)(=O)c1ccccc1)C(=O)Nc1ccc(I)cc1. The zero-order valence-corrected chi connectivity index (χ0v) is 14.8. The van der Waals surface area contributed by atoms with Gasteiger partial charge < -0.3 is 5.32 Å². The third-order valence-corrected chi connectivity index (χ3v) is 5.17. The fraction of sp³-hybridized carbons (Fsp3) is 0.133. The van der Waals surface area contributed by atoms with Crippen LogP contribution in [0.4, 0.5) is 5.69 Å². The van der Waals surface area contributed by atoms with E-state index in [0.29, 0.717) is 5.69 Å². The number of hydrogen-bond acceptors (Lipinski definition) is 3. The summed E-state index contributed by atoms with van der Waals surface area (Å²) in [5.74, 6) is -0.416. The number of halogens is 1. The largest absolute Gasteiger partial charge is 0.325 e. The molecular weight excluding hydrogens is 415 g/mol. The van der Waals surface area contributed by atoms with Gasteiger partial charge in [-0.05, 0) is 65.9 Å². The molecule has 1 atom stereocenters. The van der Waals surface area contributed by atoms with Crippen LogP contribution in [0, 0.1) is 3.57 Å². The van der Waals surface area contributed by atoms with E-state index in [0.717, 1.165) is 3.57 Å². The maximum Gasteiger partial charge on any atom is 0.242 e. The Labute approximate surface area is 143 Å². The first-order valence-electron chi connectivity index (χ1n) is 6.52. The number of amides is 1. The lowest BCUT2D eigenvalue weighted by molar-refractivity contribution is -0.117. The summed E-state index contributed by atoms with van der Waals surface area (Å²) in [5, 5.41) is 2.67. The van der Waals surface area contributed by atoms with Gasteiger partial charge in [0.2, 0.25) is 15.9 Å². The molecule has 2 aromatic rings. The predicted octanol–water partition coefficient (Wildman–Crippen LogP) is 2.60. The van der Waals surface area contributed by atoms with E-state index in [1.54, 1.807) is 30.3 Å². The van der Waals surface area contributed by atoms with E-state index in [2.05, 4.69) is 32.6 Å². The number of anilines is 1. The lowest BCUT2D eigenvalue weighted by Gasteiger charge is -2.14. The summed E-state index contributed by atoms with van der Waals surface area (Å²) in [4.78, 5) is 12.2. The van der Waals surface area contributed by atoms with Crippen molar-refractivity contribution >= 4 is 44.2 Å². The molecule has 22 heavy (non-hydrogen) atoms. The summed E-state index contributed by atoms with van der Waals surface area (Å²) in [6, 6.07) is 14.3. The van der Waals surface area contributed by atoms with Crippen LogP contribution in [0.3, 0.4) is 0 Å². The van der Waals surface area contributed by atoms with Gasteiger partial charge in [-0.25, -0.2) is 8.42 Å². The van der Waals surface area contributed by atoms with Gasteiger partial charge in [0.25, 0.3) is 0 Å². The Morgan fingerprint density at radius 3 is 2.23 bits per heavy atom. The second-order valence-electron chi connectivity index (χ2n) is 4.65. The van der Waals surface area contributed by atoms with Crippen molar-refractivity contribution < 1.29 is 13.2 Å². The minimum Gasteiger partial charge on any atom is -0.325 e. The van der Waals surface area contributed by atoms with Crippen molar-refractivity contribution in [1.82, 2.24) is 4.72 Å². The van der Waals surface area contributed by atoms with Gasteiger partial charge in [-0.2, -0.15) is 4.72 Å². The highest BCUT2D eigenvalue weighted by Crippen LogP contribution is 2.12. The highest BCUT2D eigenvalue weighted by molar-refractivity contribution is 14.1. The first-order chi connectivity index (χ1) is 10.4. The summed E-state index contributed by atoms with van der Waals surface area (Å²) in [5.41, 5.74) is 0.621. The van der Waals surface area contributed by atoms with Gasteiger partial charge in [0.05, 0.1) is 10.9 Å². The van der Waals surface area contributed by atoms with Crippen LogP contribution in [0.1, 0.15) is 6.92 Å². The molecule has 2 rings (SSSR count). The van der Waals surface area contributed by atoms with Crippen molar-refractivity contribution in [1.29, 1.82) is 0 Å². The normalized spacial score (nSPS) is 12.6. The molecule has 5 nitrogen and oxygen atoms in total. The second kappa shape index (κ2) is 7.21. The zero-order valence-electron chi connectivity index (χ0n) is 11.8. The molecule has 0 saturated heterocycles. The zero-order chi connectivity index (χ0) is 16.2. The number of benzene rings is 2. The summed E-state index contributed by atoms with van der Waals surface area (Å²) >= 11 is 2.16. The van der Waals surface area contributed by atoms with Gasteiger partial charge in [0, 0.05) is 9.26 Å². The molecule has 0 aliphatic carbocycles. The second-order valence-corrected chi connectivity index (χ2v) is 7.61. The summed E-state index contributed by atoms with van der Waals surface area (Å²) in [6.07, 6.45) is 0. The van der Waals surface area contributed by atoms with Crippen molar-refractivity contribution in [3.8, 4) is 0 Å². The van der Waals surface area contributed by atoms with Gasteiger partial charge in [-0.3, -0.25) is 4.79 Å². The van der Waals surface area contributed by atoms with Crippen LogP contribution < -0.4 is 10.0 Å². The predicted molar refractivity (Wildman–Crippen MR) is 94.0 cm³/mol. The van der Waals surface area contributed by atoms with Crippen LogP contribution in [-0.4, -0.2) is 20.4 Å². The molecule has 0 saturated carbocycles. The lowest BCUT2D eigenvalue weighted by Crippen LogP contribution is -2.41. The van der Waals surface area contributed by atoms with Crippen LogP contribution in [0.2, 0.25) is 0 Å². The van der Waals surface area contributed by atoms with E-state index in [1.165, 1.54) is 19.1 Å². The molecule has 7 heteroatoms. The highest BCUT2D eigenvalue weighted by atomic mass is 127. The van der Waals surface area contributed by atoms with Crippen LogP contribution >= 0.6 is 22.6 Å². The van der Waals surface area contributed by atoms with E-state index in [4.69, 9.17) is 0 Å². The Balaban J connectivity index is 2.04. The maximum atomic E-state index is 12.2. The first kappa shape index (κ1) is 16.9. The smallest absolute Gasteiger partial charge is 0.242 e. The summed E-state index contributed by atoms with van der Waals surface area (Å²) in [7, 11) is -3.72. The molecule has 0 aliphatic rings. The minimum absolute atomic E-state index is 0.129. The molecule has 116 valence electrons. The van der Waals surface area contributed by atoms with Crippen molar-refractivity contribution in [3.05, 3.63) is 58.2 Å². The molecule has 0 spiro atoms. The van der Waals surface area contributed by atoms with E-state index >= 15 is 0 Å². The number of nitrogens with one attached hydrogen (secondary N) is 2. The Morgan fingerprint density at radius 1 is 1.05 bits per heavy atom. The number of rotatable bonds is 5. The number of sulfonamides is 1. The van der Waals surface area contributed by atoms with Gasteiger partial charge in [0.15, 0.2) is 0 Å². The molecule has 0 heterocycles. The van der Waals surface area contributed by atoms with Gasteiger partial charge in [-0.1, -0.05) is 18.2 Å². The molecule has 0 aliphatic heterocycles. The fourth-order valence-corrected chi connectivity index (χ4v) is 3.32. The summed E-state index contributed by atoms with van der Waals surface area (Å²) in [6.45, 7) is 1.50. The van der Waals surface area contributed by atoms with Crippen LogP contribution in [0.5, 0.6) is 0 Å². The van der Waals surface area contributed by atoms with Crippen molar-refractivity contribution in [2.45, 2.75) is 17.9 Å². The van der Waals surface area contributed by atoms with E-state index in [1.807, 2.05) is 12.1 Å². The molecule has 0 radical (unpaired) electrons. The number of carbonyl (C=O) groups excluding carboxylic acids is 1. The molecule has 0 bridgehead atoms. The third-order valence-electron chi connectivity index (χ3n) is 2.89. The monoisotopic (exact) mass is 430 g/mol. The standard InChI is InChI=1S/C15H15IN2O3S/c1-11(15(19)17-13-9-7-12(16)8-10-13)18-22(20,21)14-5-3-2-4-6-14/h2-11,18H,1H3,(H,17,19)/t11-/m1/s1. The van der Waals surface area contributed by atoms with E-state index in [9.17, 15) is 13.2 Å². The fourth-order valence-electron chi connectivity index (χ4n) is 1.74. The molecule has 0 aromatic heterocycles. The maximum absolute atomic E-state index is 12.2. The van der Waals surface area contributed by atoms with E-state index < -0.39 is 22.0 Å². The number of carbonyl (C=O) groups is 1. The molecule has 0 unspecified atom stereocenters. The Bertz CT molecular complexity index is 746. The van der Waals surface area contributed by atoms with Crippen molar-refractivity contribution in [2.75, 3.05) is 5.32 Å². The molecule has 2 N–H and O–H groups in total.